The topological polar surface area (TPSA) is 44.4 Å². The molecule has 2 rings (SSSR count). The van der Waals surface area contributed by atoms with E-state index >= 15 is 0 Å². The highest BCUT2D eigenvalue weighted by Gasteiger charge is 2.23. The molecule has 22 heavy (non-hydrogen) atoms. The zero-order valence-electron chi connectivity index (χ0n) is 14.1. The minimum Gasteiger partial charge on any atom is -0.372 e. The standard InChI is InChI=1S/C18H29N3O/c1-4-12-21(5-2)16-8-6-15(7-9-16)18(22)20-17-10-11-19-13-14(17)3/h6-9,14,17,19H,4-5,10-13H2,1-3H3,(H,20,22). The lowest BCUT2D eigenvalue weighted by atomic mass is 9.95. The summed E-state index contributed by atoms with van der Waals surface area (Å²) in [5.74, 6) is 0.529. The van der Waals surface area contributed by atoms with Crippen LogP contribution >= 0.6 is 0 Å². The Balaban J connectivity index is 1.98. The van der Waals surface area contributed by atoms with Crippen LogP contribution in [0.5, 0.6) is 0 Å². The van der Waals surface area contributed by atoms with Gasteiger partial charge in [-0.15, -0.1) is 0 Å². The molecule has 0 bridgehead atoms. The summed E-state index contributed by atoms with van der Waals surface area (Å²) in [4.78, 5) is 14.7. The van der Waals surface area contributed by atoms with Crippen LogP contribution in [0.1, 0.15) is 44.0 Å². The van der Waals surface area contributed by atoms with Crippen LogP contribution in [0.15, 0.2) is 24.3 Å². The molecule has 1 aromatic rings. The number of benzene rings is 1. The number of anilines is 1. The van der Waals surface area contributed by atoms with Crippen molar-refractivity contribution in [2.75, 3.05) is 31.1 Å². The second kappa shape index (κ2) is 8.18. The molecular weight excluding hydrogens is 274 g/mol. The molecule has 4 heteroatoms. The van der Waals surface area contributed by atoms with Gasteiger partial charge in [-0.3, -0.25) is 4.79 Å². The summed E-state index contributed by atoms with van der Waals surface area (Å²) < 4.78 is 0. The number of carbonyl (C=O) groups excluding carboxylic acids is 1. The van der Waals surface area contributed by atoms with Crippen molar-refractivity contribution in [2.45, 2.75) is 39.7 Å². The molecule has 122 valence electrons. The molecule has 0 aromatic heterocycles. The van der Waals surface area contributed by atoms with Gasteiger partial charge in [-0.25, -0.2) is 0 Å². The Bertz CT molecular complexity index is 472. The fourth-order valence-electron chi connectivity index (χ4n) is 3.04. The van der Waals surface area contributed by atoms with Gasteiger partial charge in [0, 0.05) is 30.4 Å². The molecule has 0 radical (unpaired) electrons. The normalized spacial score (nSPS) is 21.4. The lowest BCUT2D eigenvalue weighted by molar-refractivity contribution is 0.0914. The molecule has 4 nitrogen and oxygen atoms in total. The minimum atomic E-state index is 0.0452. The van der Waals surface area contributed by atoms with Gasteiger partial charge in [-0.2, -0.15) is 0 Å². The minimum absolute atomic E-state index is 0.0452. The van der Waals surface area contributed by atoms with E-state index in [4.69, 9.17) is 0 Å². The maximum absolute atomic E-state index is 12.4. The molecule has 0 spiro atoms. The number of carbonyl (C=O) groups is 1. The predicted octanol–water partition coefficient (Wildman–Crippen LogP) is 2.65. The maximum atomic E-state index is 12.4. The Kier molecular flexibility index (Phi) is 6.25. The van der Waals surface area contributed by atoms with Crippen LogP contribution in [0.2, 0.25) is 0 Å². The van der Waals surface area contributed by atoms with Gasteiger partial charge in [0.25, 0.3) is 5.91 Å². The van der Waals surface area contributed by atoms with Crippen LogP contribution in [-0.4, -0.2) is 38.1 Å². The molecule has 1 aliphatic rings. The van der Waals surface area contributed by atoms with E-state index in [1.165, 1.54) is 5.69 Å². The zero-order valence-corrected chi connectivity index (χ0v) is 14.1. The van der Waals surface area contributed by atoms with Gasteiger partial charge in [0.05, 0.1) is 0 Å². The molecular formula is C18H29N3O. The summed E-state index contributed by atoms with van der Waals surface area (Å²) in [5, 5.41) is 6.54. The number of piperidine rings is 1. The number of amides is 1. The third-order valence-electron chi connectivity index (χ3n) is 4.47. The average Bonchev–Trinajstić information content (AvgIpc) is 2.55. The summed E-state index contributed by atoms with van der Waals surface area (Å²) in [7, 11) is 0. The van der Waals surface area contributed by atoms with Gasteiger partial charge in [0.1, 0.15) is 0 Å². The fourth-order valence-corrected chi connectivity index (χ4v) is 3.04. The van der Waals surface area contributed by atoms with Crippen LogP contribution in [-0.2, 0) is 0 Å². The third kappa shape index (κ3) is 4.23. The first-order valence-electron chi connectivity index (χ1n) is 8.52. The van der Waals surface area contributed by atoms with Crippen molar-refractivity contribution in [2.24, 2.45) is 5.92 Å². The number of hydrogen-bond donors (Lipinski definition) is 2. The highest BCUT2D eigenvalue weighted by atomic mass is 16.1. The van der Waals surface area contributed by atoms with E-state index < -0.39 is 0 Å². The molecule has 2 atom stereocenters. The molecule has 2 unspecified atom stereocenters. The van der Waals surface area contributed by atoms with E-state index in [9.17, 15) is 4.79 Å². The number of rotatable bonds is 6. The molecule has 1 aromatic carbocycles. The molecule has 1 fully saturated rings. The maximum Gasteiger partial charge on any atom is 0.251 e. The van der Waals surface area contributed by atoms with Crippen molar-refractivity contribution in [1.82, 2.24) is 10.6 Å². The molecule has 0 saturated carbocycles. The number of nitrogens with one attached hydrogen (secondary N) is 2. The summed E-state index contributed by atoms with van der Waals surface area (Å²) in [6.45, 7) is 10.5. The third-order valence-corrected chi connectivity index (χ3v) is 4.47. The Labute approximate surface area is 134 Å². The summed E-state index contributed by atoms with van der Waals surface area (Å²) in [5.41, 5.74) is 1.94. The predicted molar refractivity (Wildman–Crippen MR) is 92.5 cm³/mol. The van der Waals surface area contributed by atoms with Gasteiger partial charge in [-0.1, -0.05) is 13.8 Å². The first-order chi connectivity index (χ1) is 10.7. The molecule has 1 amide bonds. The largest absolute Gasteiger partial charge is 0.372 e. The van der Waals surface area contributed by atoms with Crippen molar-refractivity contribution < 1.29 is 4.79 Å². The lowest BCUT2D eigenvalue weighted by Crippen LogP contribution is -2.48. The monoisotopic (exact) mass is 303 g/mol. The second-order valence-corrected chi connectivity index (χ2v) is 6.18. The Morgan fingerprint density at radius 2 is 2.05 bits per heavy atom. The SMILES string of the molecule is CCCN(CC)c1ccc(C(=O)NC2CCNCC2C)cc1. The Morgan fingerprint density at radius 1 is 1.32 bits per heavy atom. The van der Waals surface area contributed by atoms with Crippen LogP contribution in [0, 0.1) is 5.92 Å². The van der Waals surface area contributed by atoms with Crippen molar-refractivity contribution in [1.29, 1.82) is 0 Å². The zero-order chi connectivity index (χ0) is 15.9. The number of hydrogen-bond acceptors (Lipinski definition) is 3. The summed E-state index contributed by atoms with van der Waals surface area (Å²) in [6.07, 6.45) is 2.13. The fraction of sp³-hybridized carbons (Fsp3) is 0.611. The summed E-state index contributed by atoms with van der Waals surface area (Å²) >= 11 is 0. The Hall–Kier alpha value is -1.55. The van der Waals surface area contributed by atoms with E-state index in [0.29, 0.717) is 5.92 Å². The molecule has 1 saturated heterocycles. The first kappa shape index (κ1) is 16.8. The van der Waals surface area contributed by atoms with E-state index in [1.807, 2.05) is 12.1 Å². The van der Waals surface area contributed by atoms with Gasteiger partial charge < -0.3 is 15.5 Å². The van der Waals surface area contributed by atoms with E-state index in [0.717, 1.165) is 44.6 Å². The smallest absolute Gasteiger partial charge is 0.251 e. The van der Waals surface area contributed by atoms with Crippen molar-refractivity contribution in [3.63, 3.8) is 0 Å². The van der Waals surface area contributed by atoms with E-state index in [1.54, 1.807) is 0 Å². The van der Waals surface area contributed by atoms with E-state index in [2.05, 4.69) is 48.4 Å². The second-order valence-electron chi connectivity index (χ2n) is 6.18. The molecule has 2 N–H and O–H groups in total. The van der Waals surface area contributed by atoms with Crippen molar-refractivity contribution in [3.8, 4) is 0 Å². The quantitative estimate of drug-likeness (QED) is 0.849. The van der Waals surface area contributed by atoms with Gasteiger partial charge >= 0.3 is 0 Å². The van der Waals surface area contributed by atoms with Crippen LogP contribution < -0.4 is 15.5 Å². The van der Waals surface area contributed by atoms with Crippen molar-refractivity contribution >= 4 is 11.6 Å². The van der Waals surface area contributed by atoms with Gasteiger partial charge in [-0.05, 0) is 63.0 Å². The molecule has 0 aliphatic carbocycles. The highest BCUT2D eigenvalue weighted by Crippen LogP contribution is 2.16. The highest BCUT2D eigenvalue weighted by molar-refractivity contribution is 5.94. The average molecular weight is 303 g/mol. The van der Waals surface area contributed by atoms with Crippen LogP contribution in [0.25, 0.3) is 0 Å². The lowest BCUT2D eigenvalue weighted by Gasteiger charge is -2.30. The van der Waals surface area contributed by atoms with Crippen molar-refractivity contribution in [3.05, 3.63) is 29.8 Å². The van der Waals surface area contributed by atoms with Crippen LogP contribution in [0.3, 0.4) is 0 Å². The van der Waals surface area contributed by atoms with Gasteiger partial charge in [0.2, 0.25) is 0 Å². The molecule has 1 aliphatic heterocycles. The molecule has 1 heterocycles. The summed E-state index contributed by atoms with van der Waals surface area (Å²) in [6, 6.07) is 8.27. The number of nitrogens with zero attached hydrogens (tertiary/aromatic N) is 1. The van der Waals surface area contributed by atoms with Crippen LogP contribution in [0.4, 0.5) is 5.69 Å². The van der Waals surface area contributed by atoms with Gasteiger partial charge in [0.15, 0.2) is 0 Å². The van der Waals surface area contributed by atoms with E-state index in [-0.39, 0.29) is 11.9 Å². The Morgan fingerprint density at radius 3 is 2.64 bits per heavy atom. The first-order valence-corrected chi connectivity index (χ1v) is 8.52.